The molecule has 7 heteroatoms. The van der Waals surface area contributed by atoms with Gasteiger partial charge >= 0.3 is 0 Å². The Morgan fingerprint density at radius 2 is 2.06 bits per heavy atom. The van der Waals surface area contributed by atoms with Gasteiger partial charge in [-0.25, -0.2) is 8.42 Å². The molecule has 0 heterocycles. The number of rotatable bonds is 6. The van der Waals surface area contributed by atoms with E-state index < -0.39 is 21.5 Å². The highest BCUT2D eigenvalue weighted by molar-refractivity contribution is 7.92. The van der Waals surface area contributed by atoms with Crippen molar-refractivity contribution in [2.24, 2.45) is 0 Å². The fourth-order valence-corrected chi connectivity index (χ4v) is 2.67. The lowest BCUT2D eigenvalue weighted by molar-refractivity contribution is -0.118. The summed E-state index contributed by atoms with van der Waals surface area (Å²) in [6.07, 6.45) is 0. The lowest BCUT2D eigenvalue weighted by Crippen LogP contribution is -2.32. The fraction of sp³-hybridized carbons (Fsp3) is 0.364. The summed E-state index contributed by atoms with van der Waals surface area (Å²) in [7, 11) is -2.21. The molecule has 0 saturated carbocycles. The summed E-state index contributed by atoms with van der Waals surface area (Å²) >= 11 is 0. The van der Waals surface area contributed by atoms with Gasteiger partial charge in [0.2, 0.25) is 5.91 Å². The van der Waals surface area contributed by atoms with Gasteiger partial charge < -0.3 is 15.8 Å². The van der Waals surface area contributed by atoms with Crippen LogP contribution in [0.1, 0.15) is 0 Å². The van der Waals surface area contributed by atoms with Crippen LogP contribution in [0.2, 0.25) is 0 Å². The van der Waals surface area contributed by atoms with E-state index in [1.165, 1.54) is 19.2 Å². The number of nitrogen functional groups attached to an aromatic ring is 1. The number of hydrogen-bond acceptors (Lipinski definition) is 5. The van der Waals surface area contributed by atoms with Crippen molar-refractivity contribution in [2.75, 3.05) is 31.7 Å². The zero-order valence-corrected chi connectivity index (χ0v) is 10.9. The number of ether oxygens (including phenoxy) is 1. The second-order valence-corrected chi connectivity index (χ2v) is 5.60. The minimum Gasteiger partial charge on any atom is -0.398 e. The highest BCUT2D eigenvalue weighted by Gasteiger charge is 2.21. The van der Waals surface area contributed by atoms with E-state index in [1.54, 1.807) is 12.1 Å². The van der Waals surface area contributed by atoms with Crippen molar-refractivity contribution in [2.45, 2.75) is 4.90 Å². The summed E-state index contributed by atoms with van der Waals surface area (Å²) in [4.78, 5) is 11.4. The number of carbonyl (C=O) groups excluding carboxylic acids is 1. The van der Waals surface area contributed by atoms with Gasteiger partial charge in [0.25, 0.3) is 0 Å². The monoisotopic (exact) mass is 272 g/mol. The number of hydrogen-bond donors (Lipinski definition) is 2. The molecule has 1 aromatic carbocycles. The molecule has 18 heavy (non-hydrogen) atoms. The highest BCUT2D eigenvalue weighted by atomic mass is 32.2. The van der Waals surface area contributed by atoms with Gasteiger partial charge in [-0.2, -0.15) is 0 Å². The topological polar surface area (TPSA) is 98.5 Å². The standard InChI is InChI=1S/C11H16N2O4S/c1-17-7-6-13-11(14)8-18(15,16)10-5-3-2-4-9(10)12/h2-5H,6-8,12H2,1H3,(H,13,14). The number of sulfone groups is 1. The van der Waals surface area contributed by atoms with E-state index in [0.29, 0.717) is 6.61 Å². The molecule has 0 aliphatic heterocycles. The lowest BCUT2D eigenvalue weighted by atomic mass is 10.3. The van der Waals surface area contributed by atoms with Crippen molar-refractivity contribution in [1.82, 2.24) is 5.32 Å². The SMILES string of the molecule is COCCNC(=O)CS(=O)(=O)c1ccccc1N. The number of amides is 1. The number of anilines is 1. The zero-order valence-electron chi connectivity index (χ0n) is 10.0. The van der Waals surface area contributed by atoms with Crippen molar-refractivity contribution in [1.29, 1.82) is 0 Å². The van der Waals surface area contributed by atoms with E-state index in [9.17, 15) is 13.2 Å². The van der Waals surface area contributed by atoms with Crippen LogP contribution in [0.15, 0.2) is 29.2 Å². The van der Waals surface area contributed by atoms with E-state index in [0.717, 1.165) is 0 Å². The normalized spacial score (nSPS) is 11.2. The van der Waals surface area contributed by atoms with Crippen LogP contribution < -0.4 is 11.1 Å². The second-order valence-electron chi connectivity index (χ2n) is 3.64. The van der Waals surface area contributed by atoms with Crippen LogP contribution in [-0.2, 0) is 19.4 Å². The molecule has 0 fully saturated rings. The van der Waals surface area contributed by atoms with Crippen LogP contribution in [0.5, 0.6) is 0 Å². The van der Waals surface area contributed by atoms with Crippen molar-refractivity contribution >= 4 is 21.4 Å². The van der Waals surface area contributed by atoms with Gasteiger partial charge in [0.1, 0.15) is 5.75 Å². The quantitative estimate of drug-likeness (QED) is 0.552. The number of nitrogens with two attached hydrogens (primary N) is 1. The molecule has 0 aromatic heterocycles. The van der Waals surface area contributed by atoms with Gasteiger partial charge in [-0.3, -0.25) is 4.79 Å². The number of carbonyl (C=O) groups is 1. The van der Waals surface area contributed by atoms with Crippen LogP contribution in [0.25, 0.3) is 0 Å². The minimum absolute atomic E-state index is 0.0214. The second kappa shape index (κ2) is 6.36. The van der Waals surface area contributed by atoms with Crippen molar-refractivity contribution in [3.63, 3.8) is 0 Å². The Kier molecular flexibility index (Phi) is 5.11. The molecule has 6 nitrogen and oxygen atoms in total. The fourth-order valence-electron chi connectivity index (χ4n) is 1.36. The van der Waals surface area contributed by atoms with Crippen LogP contribution in [0.4, 0.5) is 5.69 Å². The molecule has 1 amide bonds. The van der Waals surface area contributed by atoms with Crippen molar-refractivity contribution in [3.8, 4) is 0 Å². The van der Waals surface area contributed by atoms with Gasteiger partial charge in [0.15, 0.2) is 9.84 Å². The van der Waals surface area contributed by atoms with Crippen LogP contribution in [-0.4, -0.2) is 40.3 Å². The van der Waals surface area contributed by atoms with E-state index in [1.807, 2.05) is 0 Å². The van der Waals surface area contributed by atoms with Crippen LogP contribution >= 0.6 is 0 Å². The molecule has 1 rings (SSSR count). The molecule has 0 unspecified atom stereocenters. The molecule has 100 valence electrons. The first-order valence-electron chi connectivity index (χ1n) is 5.30. The summed E-state index contributed by atoms with van der Waals surface area (Å²) in [5.74, 6) is -1.19. The molecular formula is C11H16N2O4S. The van der Waals surface area contributed by atoms with Gasteiger partial charge in [-0.15, -0.1) is 0 Å². The average Bonchev–Trinajstić information content (AvgIpc) is 2.29. The number of benzene rings is 1. The smallest absolute Gasteiger partial charge is 0.235 e. The van der Waals surface area contributed by atoms with E-state index in [2.05, 4.69) is 5.32 Å². The maximum Gasteiger partial charge on any atom is 0.235 e. The summed E-state index contributed by atoms with van der Waals surface area (Å²) in [5, 5.41) is 2.44. The van der Waals surface area contributed by atoms with E-state index in [4.69, 9.17) is 10.5 Å². The maximum absolute atomic E-state index is 11.9. The molecular weight excluding hydrogens is 256 g/mol. The van der Waals surface area contributed by atoms with Gasteiger partial charge in [0, 0.05) is 13.7 Å². The number of methoxy groups -OCH3 is 1. The molecule has 0 saturated heterocycles. The highest BCUT2D eigenvalue weighted by Crippen LogP contribution is 2.18. The zero-order chi connectivity index (χ0) is 13.6. The third kappa shape index (κ3) is 4.01. The Labute approximate surface area is 106 Å². The molecule has 0 aliphatic carbocycles. The largest absolute Gasteiger partial charge is 0.398 e. The Morgan fingerprint density at radius 1 is 1.39 bits per heavy atom. The summed E-state index contributed by atoms with van der Waals surface area (Å²) in [6, 6.07) is 6.06. The lowest BCUT2D eigenvalue weighted by Gasteiger charge is -2.07. The first-order chi connectivity index (χ1) is 8.47. The Hall–Kier alpha value is -1.60. The predicted octanol–water partition coefficient (Wildman–Crippen LogP) is -0.195. The first kappa shape index (κ1) is 14.5. The molecule has 0 atom stereocenters. The number of nitrogens with one attached hydrogen (secondary N) is 1. The summed E-state index contributed by atoms with van der Waals surface area (Å²) in [5.41, 5.74) is 5.71. The predicted molar refractivity (Wildman–Crippen MR) is 67.8 cm³/mol. The first-order valence-corrected chi connectivity index (χ1v) is 6.95. The molecule has 0 radical (unpaired) electrons. The molecule has 0 bridgehead atoms. The summed E-state index contributed by atoms with van der Waals surface area (Å²) < 4.78 is 28.6. The molecule has 0 spiro atoms. The maximum atomic E-state index is 11.9. The third-order valence-electron chi connectivity index (χ3n) is 2.20. The van der Waals surface area contributed by atoms with Crippen molar-refractivity contribution < 1.29 is 17.9 Å². The average molecular weight is 272 g/mol. The third-order valence-corrected chi connectivity index (χ3v) is 3.89. The number of para-hydroxylation sites is 1. The van der Waals surface area contributed by atoms with Crippen LogP contribution in [0.3, 0.4) is 0 Å². The minimum atomic E-state index is -3.71. The Morgan fingerprint density at radius 3 is 2.67 bits per heavy atom. The van der Waals surface area contributed by atoms with Gasteiger partial charge in [0.05, 0.1) is 17.2 Å². The van der Waals surface area contributed by atoms with Gasteiger partial charge in [-0.1, -0.05) is 12.1 Å². The van der Waals surface area contributed by atoms with E-state index in [-0.39, 0.29) is 17.1 Å². The van der Waals surface area contributed by atoms with Crippen LogP contribution in [0, 0.1) is 0 Å². The van der Waals surface area contributed by atoms with Gasteiger partial charge in [-0.05, 0) is 12.1 Å². The summed E-state index contributed by atoms with van der Waals surface area (Å²) in [6.45, 7) is 0.606. The molecule has 1 aromatic rings. The molecule has 0 aliphatic rings. The van der Waals surface area contributed by atoms with E-state index >= 15 is 0 Å². The Balaban J connectivity index is 2.71. The Bertz CT molecular complexity index is 514. The van der Waals surface area contributed by atoms with Crippen molar-refractivity contribution in [3.05, 3.63) is 24.3 Å². The molecule has 3 N–H and O–H groups in total.